The fraction of sp³-hybridized carbons (Fsp3) is 0.833. The fourth-order valence-electron chi connectivity index (χ4n) is 0.822. The summed E-state index contributed by atoms with van der Waals surface area (Å²) in [6.45, 7) is 3.24. The normalized spacial score (nSPS) is 21.2. The van der Waals surface area contributed by atoms with Gasteiger partial charge in [0.2, 0.25) is 0 Å². The molecule has 1 aliphatic rings. The highest BCUT2D eigenvalue weighted by Crippen LogP contribution is 1.93. The zero-order valence-electron chi connectivity index (χ0n) is 6.09. The number of amidine groups is 1. The maximum absolute atomic E-state index is 9.26. The molecule has 0 aromatic heterocycles. The summed E-state index contributed by atoms with van der Waals surface area (Å²) < 4.78 is 0. The van der Waals surface area contributed by atoms with Crippen LogP contribution < -0.4 is 10.6 Å². The maximum Gasteiger partial charge on any atom is 0.128 e. The molecule has 3 N–H and O–H groups in total. The van der Waals surface area contributed by atoms with E-state index < -0.39 is 6.10 Å². The van der Waals surface area contributed by atoms with Gasteiger partial charge in [0, 0.05) is 0 Å². The SMILES string of the molecule is CCC(O)C1=NCNCN1. The lowest BCUT2D eigenvalue weighted by Crippen LogP contribution is -2.44. The van der Waals surface area contributed by atoms with E-state index in [4.69, 9.17) is 0 Å². The number of nitrogens with zero attached hydrogens (tertiary/aromatic N) is 1. The number of hydrogen-bond donors (Lipinski definition) is 3. The molecule has 0 aliphatic carbocycles. The van der Waals surface area contributed by atoms with Crippen molar-refractivity contribution in [1.82, 2.24) is 10.6 Å². The van der Waals surface area contributed by atoms with E-state index in [1.807, 2.05) is 6.92 Å². The third-order valence-corrected chi connectivity index (χ3v) is 1.46. The van der Waals surface area contributed by atoms with Crippen molar-refractivity contribution in [1.29, 1.82) is 0 Å². The molecule has 10 heavy (non-hydrogen) atoms. The molecule has 1 atom stereocenters. The van der Waals surface area contributed by atoms with Gasteiger partial charge in [0.25, 0.3) is 0 Å². The summed E-state index contributed by atoms with van der Waals surface area (Å²) >= 11 is 0. The molecular formula is C6H13N3O. The molecule has 58 valence electrons. The van der Waals surface area contributed by atoms with Crippen LogP contribution in [0.25, 0.3) is 0 Å². The van der Waals surface area contributed by atoms with E-state index in [1.165, 1.54) is 0 Å². The van der Waals surface area contributed by atoms with Gasteiger partial charge in [-0.2, -0.15) is 0 Å². The fourth-order valence-corrected chi connectivity index (χ4v) is 0.822. The van der Waals surface area contributed by atoms with Crippen LogP contribution in [0.15, 0.2) is 4.99 Å². The summed E-state index contributed by atoms with van der Waals surface area (Å²) in [4.78, 5) is 4.04. The van der Waals surface area contributed by atoms with Gasteiger partial charge >= 0.3 is 0 Å². The topological polar surface area (TPSA) is 56.7 Å². The Bertz CT molecular complexity index is 135. The Morgan fingerprint density at radius 2 is 2.60 bits per heavy atom. The van der Waals surface area contributed by atoms with Gasteiger partial charge in [-0.15, -0.1) is 0 Å². The van der Waals surface area contributed by atoms with Gasteiger partial charge in [-0.05, 0) is 6.42 Å². The molecule has 1 rings (SSSR count). The number of aliphatic hydroxyl groups excluding tert-OH is 1. The second-order valence-electron chi connectivity index (χ2n) is 2.23. The Hall–Kier alpha value is -0.610. The number of aliphatic imine (C=N–C) groups is 1. The molecule has 0 radical (unpaired) electrons. The van der Waals surface area contributed by atoms with Gasteiger partial charge in [0.15, 0.2) is 0 Å². The first-order valence-corrected chi connectivity index (χ1v) is 3.51. The van der Waals surface area contributed by atoms with E-state index in [1.54, 1.807) is 0 Å². The van der Waals surface area contributed by atoms with Crippen LogP contribution in [0.3, 0.4) is 0 Å². The number of nitrogens with one attached hydrogen (secondary N) is 2. The lowest BCUT2D eigenvalue weighted by Gasteiger charge is -2.18. The third kappa shape index (κ3) is 1.68. The second-order valence-corrected chi connectivity index (χ2v) is 2.23. The van der Waals surface area contributed by atoms with Gasteiger partial charge in [-0.1, -0.05) is 6.92 Å². The van der Waals surface area contributed by atoms with Crippen molar-refractivity contribution in [3.05, 3.63) is 0 Å². The molecule has 0 saturated heterocycles. The monoisotopic (exact) mass is 143 g/mol. The summed E-state index contributed by atoms with van der Waals surface area (Å²) in [5.41, 5.74) is 0. The van der Waals surface area contributed by atoms with Crippen LogP contribution in [0, 0.1) is 0 Å². The van der Waals surface area contributed by atoms with Gasteiger partial charge < -0.3 is 10.4 Å². The lowest BCUT2D eigenvalue weighted by atomic mass is 10.2. The van der Waals surface area contributed by atoms with Gasteiger partial charge in [0.1, 0.15) is 11.9 Å². The smallest absolute Gasteiger partial charge is 0.128 e. The molecular weight excluding hydrogens is 130 g/mol. The van der Waals surface area contributed by atoms with Gasteiger partial charge in [-0.3, -0.25) is 10.3 Å². The summed E-state index contributed by atoms with van der Waals surface area (Å²) in [6, 6.07) is 0. The Kier molecular flexibility index (Phi) is 2.65. The molecule has 0 spiro atoms. The van der Waals surface area contributed by atoms with E-state index >= 15 is 0 Å². The van der Waals surface area contributed by atoms with Gasteiger partial charge in [0.05, 0.1) is 13.3 Å². The first-order chi connectivity index (χ1) is 4.84. The third-order valence-electron chi connectivity index (χ3n) is 1.46. The summed E-state index contributed by atoms with van der Waals surface area (Å²) in [6.07, 6.45) is 0.299. The minimum absolute atomic E-state index is 0.415. The Balaban J connectivity index is 2.44. The van der Waals surface area contributed by atoms with E-state index in [0.717, 1.165) is 0 Å². The van der Waals surface area contributed by atoms with Crippen molar-refractivity contribution >= 4 is 5.84 Å². The quantitative estimate of drug-likeness (QED) is 0.477. The van der Waals surface area contributed by atoms with Gasteiger partial charge in [-0.25, -0.2) is 0 Å². The van der Waals surface area contributed by atoms with Crippen LogP contribution in [-0.4, -0.2) is 30.4 Å². The number of rotatable bonds is 2. The number of hydrogen-bond acceptors (Lipinski definition) is 4. The standard InChI is InChI=1S/C6H13N3O/c1-2-5(10)6-8-3-7-4-9-6/h5,7,10H,2-4H2,1H3,(H,8,9). The van der Waals surface area contributed by atoms with E-state index in [0.29, 0.717) is 25.6 Å². The van der Waals surface area contributed by atoms with Crippen LogP contribution in [0.5, 0.6) is 0 Å². The Morgan fingerprint density at radius 3 is 3.10 bits per heavy atom. The molecule has 0 saturated carbocycles. The molecule has 4 heteroatoms. The zero-order chi connectivity index (χ0) is 7.40. The minimum Gasteiger partial charge on any atom is -0.385 e. The van der Waals surface area contributed by atoms with Crippen molar-refractivity contribution in [2.24, 2.45) is 4.99 Å². The van der Waals surface area contributed by atoms with Crippen LogP contribution >= 0.6 is 0 Å². The van der Waals surface area contributed by atoms with Crippen LogP contribution in [0.2, 0.25) is 0 Å². The first-order valence-electron chi connectivity index (χ1n) is 3.51. The maximum atomic E-state index is 9.26. The number of aliphatic hydroxyl groups is 1. The predicted octanol–water partition coefficient (Wildman–Crippen LogP) is -0.736. The highest BCUT2D eigenvalue weighted by molar-refractivity contribution is 5.86. The highest BCUT2D eigenvalue weighted by Gasteiger charge is 2.10. The van der Waals surface area contributed by atoms with Crippen molar-refractivity contribution in [3.8, 4) is 0 Å². The van der Waals surface area contributed by atoms with Crippen molar-refractivity contribution in [2.75, 3.05) is 13.3 Å². The van der Waals surface area contributed by atoms with Crippen molar-refractivity contribution in [3.63, 3.8) is 0 Å². The molecule has 0 bridgehead atoms. The van der Waals surface area contributed by atoms with Crippen LogP contribution in [-0.2, 0) is 0 Å². The molecule has 0 aromatic carbocycles. The summed E-state index contributed by atoms with van der Waals surface area (Å²) in [7, 11) is 0. The molecule has 4 nitrogen and oxygen atoms in total. The molecule has 0 amide bonds. The van der Waals surface area contributed by atoms with Crippen LogP contribution in [0.4, 0.5) is 0 Å². The Morgan fingerprint density at radius 1 is 1.80 bits per heavy atom. The second kappa shape index (κ2) is 3.53. The Labute approximate surface area is 60.3 Å². The summed E-state index contributed by atoms with van der Waals surface area (Å²) in [5, 5.41) is 15.2. The molecule has 1 unspecified atom stereocenters. The molecule has 0 aromatic rings. The first kappa shape index (κ1) is 7.50. The molecule has 1 aliphatic heterocycles. The average molecular weight is 143 g/mol. The van der Waals surface area contributed by atoms with E-state index in [-0.39, 0.29) is 0 Å². The predicted molar refractivity (Wildman–Crippen MR) is 39.7 cm³/mol. The average Bonchev–Trinajstić information content (AvgIpc) is 2.05. The zero-order valence-corrected chi connectivity index (χ0v) is 6.09. The van der Waals surface area contributed by atoms with Crippen molar-refractivity contribution in [2.45, 2.75) is 19.4 Å². The van der Waals surface area contributed by atoms with E-state index in [9.17, 15) is 5.11 Å². The van der Waals surface area contributed by atoms with Crippen LogP contribution in [0.1, 0.15) is 13.3 Å². The highest BCUT2D eigenvalue weighted by atomic mass is 16.3. The molecule has 1 heterocycles. The summed E-state index contributed by atoms with van der Waals surface area (Å²) in [5.74, 6) is 0.709. The lowest BCUT2D eigenvalue weighted by molar-refractivity contribution is 0.230. The van der Waals surface area contributed by atoms with Crippen molar-refractivity contribution < 1.29 is 5.11 Å². The van der Waals surface area contributed by atoms with E-state index in [2.05, 4.69) is 15.6 Å². The minimum atomic E-state index is -0.415. The molecule has 0 fully saturated rings. The largest absolute Gasteiger partial charge is 0.385 e.